The van der Waals surface area contributed by atoms with E-state index in [9.17, 15) is 18.0 Å². The van der Waals surface area contributed by atoms with Crippen LogP contribution in [-0.2, 0) is 4.79 Å². The molecule has 0 spiro atoms. The van der Waals surface area contributed by atoms with Crippen molar-refractivity contribution in [3.63, 3.8) is 0 Å². The maximum Gasteiger partial charge on any atom is 0.413 e. The molecule has 0 radical (unpaired) electrons. The van der Waals surface area contributed by atoms with Crippen LogP contribution in [0.2, 0.25) is 0 Å². The summed E-state index contributed by atoms with van der Waals surface area (Å²) in [6.07, 6.45) is 0.235. The summed E-state index contributed by atoms with van der Waals surface area (Å²) in [5, 5.41) is 9.07. The number of carboxylic acid groups (broad SMARTS) is 1. The van der Waals surface area contributed by atoms with Gasteiger partial charge in [-0.3, -0.25) is 9.69 Å². The molecule has 3 nitrogen and oxygen atoms in total. The molecule has 1 aliphatic rings. The molecule has 1 N–H and O–H groups in total. The van der Waals surface area contributed by atoms with Crippen LogP contribution in [0.1, 0.15) is 6.42 Å². The van der Waals surface area contributed by atoms with Crippen LogP contribution >= 0.6 is 0 Å². The van der Waals surface area contributed by atoms with E-state index in [2.05, 4.69) is 0 Å². The summed E-state index contributed by atoms with van der Waals surface area (Å²) in [5.41, 5.74) is -0.527. The first kappa shape index (κ1) is 14.5. The predicted octanol–water partition coefficient (Wildman–Crippen LogP) is 2.38. The number of allylic oxidation sites excluding steroid dienone is 5. The fourth-order valence-electron chi connectivity index (χ4n) is 1.78. The number of likely N-dealkylation sites (N-methyl/N-ethyl adjacent to an activating group) is 1. The molecule has 0 saturated carbocycles. The second-order valence-electron chi connectivity index (χ2n) is 4.20. The molecule has 100 valence electrons. The lowest BCUT2D eigenvalue weighted by Crippen LogP contribution is -2.37. The summed E-state index contributed by atoms with van der Waals surface area (Å²) in [6.45, 7) is 0. The van der Waals surface area contributed by atoms with Gasteiger partial charge >= 0.3 is 12.1 Å². The molecule has 1 atom stereocenters. The Morgan fingerprint density at radius 3 is 2.33 bits per heavy atom. The third kappa shape index (κ3) is 3.46. The Balaban J connectivity index is 3.05. The van der Waals surface area contributed by atoms with Gasteiger partial charge in [0.2, 0.25) is 0 Å². The van der Waals surface area contributed by atoms with Crippen molar-refractivity contribution in [2.45, 2.75) is 18.6 Å². The van der Waals surface area contributed by atoms with Crippen LogP contribution in [-0.4, -0.2) is 42.3 Å². The Hall–Kier alpha value is -1.56. The molecule has 0 amide bonds. The molecule has 0 aliphatic heterocycles. The molecule has 0 saturated heterocycles. The summed E-state index contributed by atoms with van der Waals surface area (Å²) >= 11 is 0. The fraction of sp³-hybridized carbons (Fsp3) is 0.417. The highest BCUT2D eigenvalue weighted by Gasteiger charge is 2.36. The van der Waals surface area contributed by atoms with Crippen molar-refractivity contribution in [1.82, 2.24) is 4.90 Å². The van der Waals surface area contributed by atoms with Crippen LogP contribution in [0.15, 0.2) is 35.5 Å². The zero-order valence-electron chi connectivity index (χ0n) is 10.0. The highest BCUT2D eigenvalue weighted by molar-refractivity contribution is 5.77. The molecule has 0 aromatic heterocycles. The first-order valence-corrected chi connectivity index (χ1v) is 5.26. The van der Waals surface area contributed by atoms with E-state index in [1.54, 1.807) is 0 Å². The van der Waals surface area contributed by atoms with E-state index in [0.717, 1.165) is 6.08 Å². The molecule has 1 unspecified atom stereocenters. The van der Waals surface area contributed by atoms with E-state index < -0.39 is 30.2 Å². The molecular formula is C12H14F3NO2. The summed E-state index contributed by atoms with van der Waals surface area (Å²) in [7, 11) is 3.04. The van der Waals surface area contributed by atoms with E-state index >= 15 is 0 Å². The third-order valence-electron chi connectivity index (χ3n) is 2.58. The van der Waals surface area contributed by atoms with Crippen molar-refractivity contribution in [3.8, 4) is 0 Å². The van der Waals surface area contributed by atoms with Gasteiger partial charge in [0.05, 0.1) is 0 Å². The van der Waals surface area contributed by atoms with Crippen LogP contribution in [0.4, 0.5) is 13.2 Å². The molecule has 1 rings (SSSR count). The molecule has 0 aromatic rings. The molecule has 0 fully saturated rings. The lowest BCUT2D eigenvalue weighted by atomic mass is 9.98. The fourth-order valence-corrected chi connectivity index (χ4v) is 1.78. The Bertz CT molecular complexity index is 420. The molecule has 0 bridgehead atoms. The van der Waals surface area contributed by atoms with Gasteiger partial charge in [-0.25, -0.2) is 0 Å². The quantitative estimate of drug-likeness (QED) is 0.848. The van der Waals surface area contributed by atoms with Crippen LogP contribution in [0, 0.1) is 0 Å². The molecular weight excluding hydrogens is 247 g/mol. The standard InChI is InChI=1S/C12H14F3NO2/c1-16(2)10(11(17)18)8-5-3-4-6-9(7-8)12(13,14)15/h3-6,10H,7H2,1-2H3,(H,17,18). The predicted molar refractivity (Wildman–Crippen MR) is 61.1 cm³/mol. The number of rotatable bonds is 3. The highest BCUT2D eigenvalue weighted by atomic mass is 19.4. The zero-order chi connectivity index (χ0) is 13.9. The zero-order valence-corrected chi connectivity index (χ0v) is 10.0. The Morgan fingerprint density at radius 1 is 1.33 bits per heavy atom. The molecule has 1 aliphatic carbocycles. The van der Waals surface area contributed by atoms with E-state index in [0.29, 0.717) is 0 Å². The van der Waals surface area contributed by atoms with Gasteiger partial charge < -0.3 is 5.11 Å². The van der Waals surface area contributed by atoms with Crippen LogP contribution in [0.25, 0.3) is 0 Å². The number of carbonyl (C=O) groups is 1. The van der Waals surface area contributed by atoms with Gasteiger partial charge in [-0.1, -0.05) is 24.3 Å². The van der Waals surface area contributed by atoms with Gasteiger partial charge in [-0.15, -0.1) is 0 Å². The molecule has 0 aromatic carbocycles. The van der Waals surface area contributed by atoms with E-state index in [-0.39, 0.29) is 5.57 Å². The average molecular weight is 261 g/mol. The highest BCUT2D eigenvalue weighted by Crippen LogP contribution is 2.33. The van der Waals surface area contributed by atoms with Crippen LogP contribution < -0.4 is 0 Å². The lowest BCUT2D eigenvalue weighted by Gasteiger charge is -2.24. The van der Waals surface area contributed by atoms with Crippen molar-refractivity contribution in [3.05, 3.63) is 35.5 Å². The maximum absolute atomic E-state index is 12.7. The molecule has 6 heteroatoms. The summed E-state index contributed by atoms with van der Waals surface area (Å²) in [5.74, 6) is -1.16. The summed E-state index contributed by atoms with van der Waals surface area (Å²) in [6, 6.07) is -1.06. The minimum Gasteiger partial charge on any atom is -0.480 e. The minimum atomic E-state index is -4.44. The molecule has 18 heavy (non-hydrogen) atoms. The lowest BCUT2D eigenvalue weighted by molar-refractivity contribution is -0.141. The second-order valence-corrected chi connectivity index (χ2v) is 4.20. The van der Waals surface area contributed by atoms with Gasteiger partial charge in [0.15, 0.2) is 0 Å². The van der Waals surface area contributed by atoms with Gasteiger partial charge in [-0.2, -0.15) is 13.2 Å². The Morgan fingerprint density at radius 2 is 1.89 bits per heavy atom. The monoisotopic (exact) mass is 261 g/mol. The number of aliphatic carboxylic acids is 1. The average Bonchev–Trinajstić information content (AvgIpc) is 2.41. The Labute approximate surface area is 103 Å². The number of halogens is 3. The first-order valence-electron chi connectivity index (χ1n) is 5.26. The van der Waals surface area contributed by atoms with Gasteiger partial charge in [0, 0.05) is 12.0 Å². The maximum atomic E-state index is 12.7. The summed E-state index contributed by atoms with van der Waals surface area (Å²) in [4.78, 5) is 12.5. The number of alkyl halides is 3. The third-order valence-corrected chi connectivity index (χ3v) is 2.58. The second kappa shape index (κ2) is 5.39. The van der Waals surface area contributed by atoms with Crippen molar-refractivity contribution in [2.75, 3.05) is 14.1 Å². The van der Waals surface area contributed by atoms with Crippen LogP contribution in [0.3, 0.4) is 0 Å². The number of hydrogen-bond donors (Lipinski definition) is 1. The van der Waals surface area contributed by atoms with Gasteiger partial charge in [-0.05, 0) is 19.7 Å². The smallest absolute Gasteiger partial charge is 0.413 e. The topological polar surface area (TPSA) is 40.5 Å². The number of nitrogens with zero attached hydrogens (tertiary/aromatic N) is 1. The van der Waals surface area contributed by atoms with Crippen molar-refractivity contribution >= 4 is 5.97 Å². The normalized spacial score (nSPS) is 18.1. The van der Waals surface area contributed by atoms with Gasteiger partial charge in [0.1, 0.15) is 6.04 Å². The SMILES string of the molecule is CN(C)C(C(=O)O)C1=CC=CC=C(C(F)(F)F)C1. The number of hydrogen-bond acceptors (Lipinski definition) is 2. The van der Waals surface area contributed by atoms with E-state index in [1.165, 1.54) is 37.2 Å². The summed E-state index contributed by atoms with van der Waals surface area (Å²) < 4.78 is 38.0. The van der Waals surface area contributed by atoms with E-state index in [4.69, 9.17) is 5.11 Å². The minimum absolute atomic E-state index is 0.213. The van der Waals surface area contributed by atoms with E-state index in [1.807, 2.05) is 0 Å². The van der Waals surface area contributed by atoms with Crippen molar-refractivity contribution < 1.29 is 23.1 Å². The molecule has 0 heterocycles. The van der Waals surface area contributed by atoms with Gasteiger partial charge in [0.25, 0.3) is 0 Å². The van der Waals surface area contributed by atoms with Crippen molar-refractivity contribution in [1.29, 1.82) is 0 Å². The van der Waals surface area contributed by atoms with Crippen molar-refractivity contribution in [2.24, 2.45) is 0 Å². The Kier molecular flexibility index (Phi) is 4.34. The number of carboxylic acids is 1. The first-order chi connectivity index (χ1) is 8.23. The largest absolute Gasteiger partial charge is 0.480 e. The van der Waals surface area contributed by atoms with Crippen LogP contribution in [0.5, 0.6) is 0 Å².